The highest BCUT2D eigenvalue weighted by Gasteiger charge is 2.17. The number of hydrogen-bond acceptors (Lipinski definition) is 4. The molecule has 1 heterocycles. The van der Waals surface area contributed by atoms with Crippen molar-refractivity contribution < 1.29 is 24.2 Å². The number of carboxylic acids is 1. The van der Waals surface area contributed by atoms with Crippen molar-refractivity contribution in [2.75, 3.05) is 6.61 Å². The Bertz CT molecular complexity index is 1230. The number of ether oxygens (including phenoxy) is 2. The third-order valence-corrected chi connectivity index (χ3v) is 4.89. The topological polar surface area (TPSA) is 77.8 Å². The Labute approximate surface area is 179 Å². The van der Waals surface area contributed by atoms with E-state index in [2.05, 4.69) is 0 Å². The molecule has 0 radical (unpaired) electrons. The van der Waals surface area contributed by atoms with E-state index < -0.39 is 12.6 Å². The van der Waals surface area contributed by atoms with Crippen molar-refractivity contribution >= 4 is 22.8 Å². The molecule has 6 nitrogen and oxygen atoms in total. The summed E-state index contributed by atoms with van der Waals surface area (Å²) in [6.07, 6.45) is 0. The summed E-state index contributed by atoms with van der Waals surface area (Å²) in [4.78, 5) is 24.0. The minimum absolute atomic E-state index is 0.183. The summed E-state index contributed by atoms with van der Waals surface area (Å²) in [5.74, 6) is -0.130. The molecule has 4 aromatic rings. The first-order valence-corrected chi connectivity index (χ1v) is 9.80. The fourth-order valence-corrected chi connectivity index (χ4v) is 3.43. The average Bonchev–Trinajstić information content (AvgIpc) is 3.13. The standard InChI is InChI=1S/C25H21NO5/c1-17-14-21-22(8-5-9-23(21)31-16-24(27)28)26(17)25(29)19-10-12-20(13-11-19)30-15-18-6-3-2-4-7-18/h2-14H,15-16H2,1H3,(H,27,28). The summed E-state index contributed by atoms with van der Waals surface area (Å²) in [5.41, 5.74) is 2.98. The van der Waals surface area contributed by atoms with E-state index >= 15 is 0 Å². The lowest BCUT2D eigenvalue weighted by Crippen LogP contribution is -2.13. The van der Waals surface area contributed by atoms with E-state index in [0.717, 1.165) is 11.3 Å². The van der Waals surface area contributed by atoms with Crippen LogP contribution >= 0.6 is 0 Å². The quantitative estimate of drug-likeness (QED) is 0.474. The number of carboxylic acid groups (broad SMARTS) is 1. The van der Waals surface area contributed by atoms with Gasteiger partial charge in [-0.15, -0.1) is 0 Å². The van der Waals surface area contributed by atoms with Crippen molar-refractivity contribution in [3.8, 4) is 11.5 Å². The van der Waals surface area contributed by atoms with E-state index in [0.29, 0.717) is 34.6 Å². The second-order valence-electron chi connectivity index (χ2n) is 7.10. The summed E-state index contributed by atoms with van der Waals surface area (Å²) in [6.45, 7) is 1.84. The predicted molar refractivity (Wildman–Crippen MR) is 117 cm³/mol. The highest BCUT2D eigenvalue weighted by Crippen LogP contribution is 2.29. The fraction of sp³-hybridized carbons (Fsp3) is 0.120. The van der Waals surface area contributed by atoms with E-state index in [9.17, 15) is 9.59 Å². The summed E-state index contributed by atoms with van der Waals surface area (Å²) in [6, 6.07) is 23.9. The van der Waals surface area contributed by atoms with Gasteiger partial charge in [0.05, 0.1) is 5.52 Å². The van der Waals surface area contributed by atoms with E-state index in [4.69, 9.17) is 14.6 Å². The molecule has 3 aromatic carbocycles. The molecule has 0 saturated heterocycles. The molecule has 4 rings (SSSR count). The Morgan fingerprint density at radius 1 is 0.903 bits per heavy atom. The molecule has 0 aliphatic rings. The van der Waals surface area contributed by atoms with Gasteiger partial charge in [0.25, 0.3) is 5.91 Å². The van der Waals surface area contributed by atoms with Gasteiger partial charge in [0.1, 0.15) is 18.1 Å². The van der Waals surface area contributed by atoms with Crippen molar-refractivity contribution in [2.24, 2.45) is 0 Å². The zero-order valence-corrected chi connectivity index (χ0v) is 16.9. The van der Waals surface area contributed by atoms with Crippen LogP contribution in [0.1, 0.15) is 21.6 Å². The molecule has 31 heavy (non-hydrogen) atoms. The molecule has 0 aliphatic heterocycles. The first kappa shape index (κ1) is 20.2. The van der Waals surface area contributed by atoms with Crippen LogP contribution < -0.4 is 9.47 Å². The Kier molecular flexibility index (Phi) is 5.71. The molecular weight excluding hydrogens is 394 g/mol. The Hall–Kier alpha value is -4.06. The summed E-state index contributed by atoms with van der Waals surface area (Å²) in [5, 5.41) is 9.57. The molecule has 0 fully saturated rings. The van der Waals surface area contributed by atoms with Crippen LogP contribution in [0, 0.1) is 6.92 Å². The van der Waals surface area contributed by atoms with Gasteiger partial charge in [-0.1, -0.05) is 36.4 Å². The van der Waals surface area contributed by atoms with Crippen molar-refractivity contribution in [3.05, 3.63) is 95.7 Å². The van der Waals surface area contributed by atoms with Crippen LogP contribution in [0.25, 0.3) is 10.9 Å². The van der Waals surface area contributed by atoms with E-state index in [1.54, 1.807) is 41.0 Å². The highest BCUT2D eigenvalue weighted by molar-refractivity contribution is 6.04. The van der Waals surface area contributed by atoms with Crippen LogP contribution in [-0.4, -0.2) is 28.2 Å². The SMILES string of the molecule is Cc1cc2c(OCC(=O)O)cccc2n1C(=O)c1ccc(OCc2ccccc2)cc1. The Balaban J connectivity index is 1.55. The van der Waals surface area contributed by atoms with Crippen molar-refractivity contribution in [2.45, 2.75) is 13.5 Å². The smallest absolute Gasteiger partial charge is 0.341 e. The van der Waals surface area contributed by atoms with Gasteiger partial charge in [0.15, 0.2) is 6.61 Å². The minimum atomic E-state index is -1.06. The van der Waals surface area contributed by atoms with Crippen molar-refractivity contribution in [3.63, 3.8) is 0 Å². The fourth-order valence-electron chi connectivity index (χ4n) is 3.43. The first-order valence-electron chi connectivity index (χ1n) is 9.80. The number of hydrogen-bond donors (Lipinski definition) is 1. The summed E-state index contributed by atoms with van der Waals surface area (Å²) in [7, 11) is 0. The number of carbonyl (C=O) groups is 2. The average molecular weight is 415 g/mol. The number of aryl methyl sites for hydroxylation is 1. The van der Waals surface area contributed by atoms with Gasteiger partial charge in [-0.25, -0.2) is 4.79 Å². The number of nitrogens with zero attached hydrogens (tertiary/aromatic N) is 1. The third-order valence-electron chi connectivity index (χ3n) is 4.89. The van der Waals surface area contributed by atoms with Crippen LogP contribution in [0.3, 0.4) is 0 Å². The number of benzene rings is 3. The maximum absolute atomic E-state index is 13.2. The monoisotopic (exact) mass is 415 g/mol. The predicted octanol–water partition coefficient (Wildman–Crippen LogP) is 4.68. The Morgan fingerprint density at radius 3 is 2.35 bits per heavy atom. The number of aliphatic carboxylic acids is 1. The lowest BCUT2D eigenvalue weighted by molar-refractivity contribution is -0.139. The summed E-state index contributed by atoms with van der Waals surface area (Å²) < 4.78 is 12.8. The maximum atomic E-state index is 13.2. The second-order valence-corrected chi connectivity index (χ2v) is 7.10. The summed E-state index contributed by atoms with van der Waals surface area (Å²) >= 11 is 0. The number of carbonyl (C=O) groups excluding carboxylic acids is 1. The van der Waals surface area contributed by atoms with Gasteiger partial charge in [0.2, 0.25) is 0 Å². The molecule has 156 valence electrons. The first-order chi connectivity index (χ1) is 15.0. The normalized spacial score (nSPS) is 10.7. The number of fused-ring (bicyclic) bond motifs is 1. The van der Waals surface area contributed by atoms with Crippen LogP contribution in [0.5, 0.6) is 11.5 Å². The molecule has 0 saturated carbocycles. The number of aromatic nitrogens is 1. The molecule has 0 bridgehead atoms. The molecule has 0 amide bonds. The van der Waals surface area contributed by atoms with Gasteiger partial charge in [-0.2, -0.15) is 0 Å². The lowest BCUT2D eigenvalue weighted by Gasteiger charge is -2.10. The second kappa shape index (κ2) is 8.75. The maximum Gasteiger partial charge on any atom is 0.341 e. The molecule has 6 heteroatoms. The van der Waals surface area contributed by atoms with Gasteiger partial charge in [-0.05, 0) is 55.0 Å². The molecule has 0 atom stereocenters. The lowest BCUT2D eigenvalue weighted by atomic mass is 10.2. The molecule has 1 aromatic heterocycles. The zero-order valence-electron chi connectivity index (χ0n) is 16.9. The van der Waals surface area contributed by atoms with Crippen molar-refractivity contribution in [1.29, 1.82) is 0 Å². The van der Waals surface area contributed by atoms with E-state index in [-0.39, 0.29) is 5.91 Å². The minimum Gasteiger partial charge on any atom is -0.489 e. The highest BCUT2D eigenvalue weighted by atomic mass is 16.5. The van der Waals surface area contributed by atoms with E-state index in [1.807, 2.05) is 49.4 Å². The molecule has 1 N–H and O–H groups in total. The van der Waals surface area contributed by atoms with Crippen molar-refractivity contribution in [1.82, 2.24) is 4.57 Å². The van der Waals surface area contributed by atoms with Gasteiger partial charge in [0, 0.05) is 16.6 Å². The molecule has 0 unspecified atom stereocenters. The zero-order chi connectivity index (χ0) is 21.8. The van der Waals surface area contributed by atoms with Gasteiger partial charge < -0.3 is 14.6 Å². The molecular formula is C25H21NO5. The van der Waals surface area contributed by atoms with Crippen LogP contribution in [0.4, 0.5) is 0 Å². The Morgan fingerprint density at radius 2 is 1.65 bits per heavy atom. The third kappa shape index (κ3) is 4.43. The van der Waals surface area contributed by atoms with Crippen LogP contribution in [0.2, 0.25) is 0 Å². The van der Waals surface area contributed by atoms with Gasteiger partial charge >= 0.3 is 5.97 Å². The van der Waals surface area contributed by atoms with Crippen LogP contribution in [0.15, 0.2) is 78.9 Å². The van der Waals surface area contributed by atoms with Gasteiger partial charge in [-0.3, -0.25) is 9.36 Å². The molecule has 0 spiro atoms. The van der Waals surface area contributed by atoms with Crippen LogP contribution in [-0.2, 0) is 11.4 Å². The van der Waals surface area contributed by atoms with E-state index in [1.165, 1.54) is 0 Å². The largest absolute Gasteiger partial charge is 0.489 e. The number of rotatable bonds is 7. The molecule has 0 aliphatic carbocycles.